The average Bonchev–Trinajstić information content (AvgIpc) is 3.05. The molecule has 6 nitrogen and oxygen atoms in total. The number of nitrogens with one attached hydrogen (secondary N) is 1. The molecule has 0 radical (unpaired) electrons. The first-order valence-corrected chi connectivity index (χ1v) is 10.6. The lowest BCUT2D eigenvalue weighted by Gasteiger charge is -2.19. The van der Waals surface area contributed by atoms with Crippen molar-refractivity contribution < 1.29 is 19.1 Å². The third kappa shape index (κ3) is 4.07. The number of nitrogens with zero attached hydrogens (tertiary/aromatic N) is 1. The molecule has 0 saturated heterocycles. The smallest absolute Gasteiger partial charge is 0.282 e. The summed E-state index contributed by atoms with van der Waals surface area (Å²) in [6.45, 7) is 5.95. The van der Waals surface area contributed by atoms with Gasteiger partial charge in [0.2, 0.25) is 0 Å². The first-order chi connectivity index (χ1) is 15.8. The highest BCUT2D eigenvalue weighted by Crippen LogP contribution is 2.39. The Morgan fingerprint density at radius 2 is 1.45 bits per heavy atom. The molecule has 0 bridgehead atoms. The molecule has 3 aromatic rings. The number of hydrogen-bond donors (Lipinski definition) is 1. The standard InChI is InChI=1S/C27H26N2O4/c1-16-6-9-19(10-7-16)24-25(28-21-12-8-17(2)14-18(21)3)27(31)29(26(24)30)22-13-11-20(32-4)15-23(22)33-5/h6-15,28H,1-5H3. The molecule has 0 atom stereocenters. The molecule has 1 N–H and O–H groups in total. The van der Waals surface area contributed by atoms with Crippen molar-refractivity contribution in [2.45, 2.75) is 20.8 Å². The van der Waals surface area contributed by atoms with Crippen LogP contribution in [0.25, 0.3) is 5.57 Å². The summed E-state index contributed by atoms with van der Waals surface area (Å²) < 4.78 is 10.7. The van der Waals surface area contributed by atoms with Crippen molar-refractivity contribution in [1.29, 1.82) is 0 Å². The van der Waals surface area contributed by atoms with E-state index < -0.39 is 11.8 Å². The van der Waals surface area contributed by atoms with Gasteiger partial charge in [0.05, 0.1) is 25.5 Å². The van der Waals surface area contributed by atoms with Crippen molar-refractivity contribution in [3.05, 3.63) is 88.6 Å². The number of benzene rings is 3. The third-order valence-electron chi connectivity index (χ3n) is 5.69. The zero-order chi connectivity index (χ0) is 23.7. The molecule has 3 aromatic carbocycles. The molecule has 1 aliphatic heterocycles. The Labute approximate surface area is 193 Å². The summed E-state index contributed by atoms with van der Waals surface area (Å²) in [7, 11) is 3.04. The van der Waals surface area contributed by atoms with Gasteiger partial charge in [0.25, 0.3) is 11.8 Å². The highest BCUT2D eigenvalue weighted by Gasteiger charge is 2.41. The number of rotatable bonds is 6. The number of ether oxygens (including phenoxy) is 2. The van der Waals surface area contributed by atoms with Gasteiger partial charge < -0.3 is 14.8 Å². The maximum Gasteiger partial charge on any atom is 0.282 e. The van der Waals surface area contributed by atoms with Crippen LogP contribution in [-0.4, -0.2) is 26.0 Å². The van der Waals surface area contributed by atoms with Crippen LogP contribution in [0.2, 0.25) is 0 Å². The monoisotopic (exact) mass is 442 g/mol. The van der Waals surface area contributed by atoms with Crippen LogP contribution in [0.1, 0.15) is 22.3 Å². The summed E-state index contributed by atoms with van der Waals surface area (Å²) in [4.78, 5) is 28.5. The van der Waals surface area contributed by atoms with E-state index in [2.05, 4.69) is 5.32 Å². The number of amides is 2. The molecule has 0 fully saturated rings. The largest absolute Gasteiger partial charge is 0.497 e. The molecule has 168 valence electrons. The first kappa shape index (κ1) is 22.1. The molecule has 2 amide bonds. The Kier molecular flexibility index (Phi) is 5.92. The molecular weight excluding hydrogens is 416 g/mol. The predicted molar refractivity (Wildman–Crippen MR) is 130 cm³/mol. The van der Waals surface area contributed by atoms with E-state index in [1.54, 1.807) is 25.3 Å². The molecule has 6 heteroatoms. The van der Waals surface area contributed by atoms with E-state index in [4.69, 9.17) is 9.47 Å². The van der Waals surface area contributed by atoms with Gasteiger partial charge in [-0.3, -0.25) is 9.59 Å². The Bertz CT molecular complexity index is 1280. The number of aryl methyl sites for hydroxylation is 3. The number of hydrogen-bond acceptors (Lipinski definition) is 5. The minimum Gasteiger partial charge on any atom is -0.497 e. The molecule has 4 rings (SSSR count). The Morgan fingerprint density at radius 3 is 2.09 bits per heavy atom. The summed E-state index contributed by atoms with van der Waals surface area (Å²) in [5.74, 6) is 0.0701. The zero-order valence-electron chi connectivity index (χ0n) is 19.4. The minimum absolute atomic E-state index is 0.230. The van der Waals surface area contributed by atoms with Gasteiger partial charge in [-0.2, -0.15) is 0 Å². The van der Waals surface area contributed by atoms with E-state index >= 15 is 0 Å². The molecule has 0 aromatic heterocycles. The lowest BCUT2D eigenvalue weighted by Crippen LogP contribution is -2.32. The van der Waals surface area contributed by atoms with Gasteiger partial charge in [0.15, 0.2) is 0 Å². The van der Waals surface area contributed by atoms with E-state index in [-0.39, 0.29) is 5.70 Å². The van der Waals surface area contributed by atoms with Crippen LogP contribution in [0, 0.1) is 20.8 Å². The van der Waals surface area contributed by atoms with Crippen LogP contribution < -0.4 is 19.7 Å². The van der Waals surface area contributed by atoms with Gasteiger partial charge in [-0.1, -0.05) is 47.5 Å². The fourth-order valence-electron chi connectivity index (χ4n) is 3.91. The summed E-state index contributed by atoms with van der Waals surface area (Å²) in [5, 5.41) is 3.24. The average molecular weight is 443 g/mol. The summed E-state index contributed by atoms with van der Waals surface area (Å²) in [5.41, 5.74) is 5.50. The van der Waals surface area contributed by atoms with Crippen molar-refractivity contribution in [1.82, 2.24) is 0 Å². The molecule has 0 aliphatic carbocycles. The topological polar surface area (TPSA) is 67.9 Å². The van der Waals surface area contributed by atoms with Crippen LogP contribution in [0.15, 0.2) is 66.4 Å². The molecule has 1 aliphatic rings. The highest BCUT2D eigenvalue weighted by atomic mass is 16.5. The lowest BCUT2D eigenvalue weighted by atomic mass is 10.0. The minimum atomic E-state index is -0.445. The van der Waals surface area contributed by atoms with Gasteiger partial charge in [0.1, 0.15) is 17.2 Å². The number of anilines is 2. The van der Waals surface area contributed by atoms with Crippen molar-refractivity contribution in [2.24, 2.45) is 0 Å². The fourth-order valence-corrected chi connectivity index (χ4v) is 3.91. The van der Waals surface area contributed by atoms with E-state index in [0.717, 1.165) is 27.3 Å². The van der Waals surface area contributed by atoms with E-state index in [0.29, 0.717) is 28.3 Å². The van der Waals surface area contributed by atoms with Crippen LogP contribution in [0.4, 0.5) is 11.4 Å². The normalized spacial score (nSPS) is 13.5. The second-order valence-corrected chi connectivity index (χ2v) is 8.04. The summed E-state index contributed by atoms with van der Waals surface area (Å²) in [6, 6.07) is 18.5. The molecule has 1 heterocycles. The SMILES string of the molecule is COc1ccc(N2C(=O)C(Nc3ccc(C)cc3C)=C(c3ccc(C)cc3)C2=O)c(OC)c1. The van der Waals surface area contributed by atoms with Crippen LogP contribution in [0.3, 0.4) is 0 Å². The van der Waals surface area contributed by atoms with Crippen molar-refractivity contribution in [3.8, 4) is 11.5 Å². The van der Waals surface area contributed by atoms with Gasteiger partial charge in [-0.05, 0) is 50.1 Å². The first-order valence-electron chi connectivity index (χ1n) is 10.6. The van der Waals surface area contributed by atoms with E-state index in [9.17, 15) is 9.59 Å². The predicted octanol–water partition coefficient (Wildman–Crippen LogP) is 5.03. The summed E-state index contributed by atoms with van der Waals surface area (Å²) >= 11 is 0. The fraction of sp³-hybridized carbons (Fsp3) is 0.185. The number of carbonyl (C=O) groups is 2. The second-order valence-electron chi connectivity index (χ2n) is 8.04. The Balaban J connectivity index is 1.85. The van der Waals surface area contributed by atoms with Gasteiger partial charge >= 0.3 is 0 Å². The Morgan fingerprint density at radius 1 is 0.758 bits per heavy atom. The number of imide groups is 1. The van der Waals surface area contributed by atoms with Crippen molar-refractivity contribution in [2.75, 3.05) is 24.4 Å². The molecule has 0 saturated carbocycles. The third-order valence-corrected chi connectivity index (χ3v) is 5.69. The molecule has 33 heavy (non-hydrogen) atoms. The maximum atomic E-state index is 13.7. The van der Waals surface area contributed by atoms with Crippen LogP contribution in [-0.2, 0) is 9.59 Å². The van der Waals surface area contributed by atoms with Crippen molar-refractivity contribution in [3.63, 3.8) is 0 Å². The van der Waals surface area contributed by atoms with E-state index in [1.165, 1.54) is 7.11 Å². The van der Waals surface area contributed by atoms with Crippen LogP contribution in [0.5, 0.6) is 11.5 Å². The quantitative estimate of drug-likeness (QED) is 0.543. The molecule has 0 unspecified atom stereocenters. The zero-order valence-corrected chi connectivity index (χ0v) is 19.4. The number of carbonyl (C=O) groups excluding carboxylic acids is 2. The molecule has 0 spiro atoms. The van der Waals surface area contributed by atoms with Gasteiger partial charge in [-0.25, -0.2) is 4.90 Å². The lowest BCUT2D eigenvalue weighted by molar-refractivity contribution is -0.120. The van der Waals surface area contributed by atoms with Crippen molar-refractivity contribution >= 4 is 28.8 Å². The number of methoxy groups -OCH3 is 2. The maximum absolute atomic E-state index is 13.7. The van der Waals surface area contributed by atoms with E-state index in [1.807, 2.05) is 63.2 Å². The van der Waals surface area contributed by atoms with Gasteiger partial charge in [-0.15, -0.1) is 0 Å². The molecular formula is C27H26N2O4. The highest BCUT2D eigenvalue weighted by molar-refractivity contribution is 6.46. The van der Waals surface area contributed by atoms with Crippen LogP contribution >= 0.6 is 0 Å². The second kappa shape index (κ2) is 8.82. The Hall–Kier alpha value is -4.06. The van der Waals surface area contributed by atoms with Gasteiger partial charge in [0, 0.05) is 11.8 Å². The summed E-state index contributed by atoms with van der Waals surface area (Å²) in [6.07, 6.45) is 0.